The largest absolute Gasteiger partial charge is 0.351 e. The number of carbonyl (C=O) groups excluding carboxylic acids is 1. The van der Waals surface area contributed by atoms with Crippen LogP contribution >= 0.6 is 24.8 Å². The van der Waals surface area contributed by atoms with Crippen molar-refractivity contribution in [1.82, 2.24) is 20.1 Å². The van der Waals surface area contributed by atoms with Crippen LogP contribution in [0.2, 0.25) is 0 Å². The highest BCUT2D eigenvalue weighted by Gasteiger charge is 2.08. The van der Waals surface area contributed by atoms with E-state index in [0.717, 1.165) is 12.8 Å². The summed E-state index contributed by atoms with van der Waals surface area (Å²) in [5, 5.41) is 6.90. The van der Waals surface area contributed by atoms with Gasteiger partial charge in [0.05, 0.1) is 0 Å². The highest BCUT2D eigenvalue weighted by Crippen LogP contribution is 2.04. The van der Waals surface area contributed by atoms with Crippen LogP contribution < -0.4 is 11.1 Å². The average Bonchev–Trinajstić information content (AvgIpc) is 2.98. The van der Waals surface area contributed by atoms with Gasteiger partial charge in [-0.1, -0.05) is 6.07 Å². The lowest BCUT2D eigenvalue weighted by atomic mass is 10.3. The molecule has 2 heterocycles. The number of unbranched alkanes of at least 4 members (excludes halogenated alkanes) is 1. The Kier molecular flexibility index (Phi) is 9.36. The molecular formula is C13H19Cl2N5O. The van der Waals surface area contributed by atoms with Gasteiger partial charge in [0.15, 0.2) is 5.82 Å². The topological polar surface area (TPSA) is 85.8 Å². The van der Waals surface area contributed by atoms with Crippen molar-refractivity contribution in [3.63, 3.8) is 0 Å². The van der Waals surface area contributed by atoms with E-state index in [2.05, 4.69) is 15.4 Å². The Labute approximate surface area is 135 Å². The van der Waals surface area contributed by atoms with Gasteiger partial charge in [-0.15, -0.1) is 24.8 Å². The summed E-state index contributed by atoms with van der Waals surface area (Å²) in [5.41, 5.74) is 5.79. The van der Waals surface area contributed by atoms with Gasteiger partial charge in [0.1, 0.15) is 5.69 Å². The zero-order chi connectivity index (χ0) is 13.5. The highest BCUT2D eigenvalue weighted by atomic mass is 35.5. The molecule has 8 heteroatoms. The van der Waals surface area contributed by atoms with Crippen LogP contribution in [0.4, 0.5) is 0 Å². The predicted octanol–water partition coefficient (Wildman–Crippen LogP) is 1.58. The summed E-state index contributed by atoms with van der Waals surface area (Å²) in [6, 6.07) is 7.09. The van der Waals surface area contributed by atoms with Crippen molar-refractivity contribution in [1.29, 1.82) is 0 Å². The molecule has 0 saturated carbocycles. The minimum Gasteiger partial charge on any atom is -0.351 e. The van der Waals surface area contributed by atoms with E-state index in [4.69, 9.17) is 5.73 Å². The van der Waals surface area contributed by atoms with E-state index in [1.807, 2.05) is 0 Å². The van der Waals surface area contributed by atoms with E-state index in [-0.39, 0.29) is 30.7 Å². The summed E-state index contributed by atoms with van der Waals surface area (Å²) < 4.78 is 1.62. The number of rotatable bonds is 6. The molecule has 0 bridgehead atoms. The normalized spacial score (nSPS) is 9.38. The first-order valence-corrected chi connectivity index (χ1v) is 6.26. The van der Waals surface area contributed by atoms with Gasteiger partial charge in [0.2, 0.25) is 0 Å². The van der Waals surface area contributed by atoms with E-state index in [1.165, 1.54) is 0 Å². The van der Waals surface area contributed by atoms with Crippen LogP contribution in [-0.2, 0) is 0 Å². The lowest BCUT2D eigenvalue weighted by molar-refractivity contribution is 0.0948. The second-order valence-electron chi connectivity index (χ2n) is 4.08. The Morgan fingerprint density at radius 2 is 2.05 bits per heavy atom. The van der Waals surface area contributed by atoms with Crippen LogP contribution in [0.5, 0.6) is 0 Å². The fraction of sp³-hybridized carbons (Fsp3) is 0.308. The monoisotopic (exact) mass is 331 g/mol. The highest BCUT2D eigenvalue weighted by molar-refractivity contribution is 5.92. The average molecular weight is 332 g/mol. The minimum absolute atomic E-state index is 0. The van der Waals surface area contributed by atoms with Crippen molar-refractivity contribution in [3.05, 3.63) is 42.4 Å². The second-order valence-corrected chi connectivity index (χ2v) is 4.08. The second kappa shape index (κ2) is 10.1. The quantitative estimate of drug-likeness (QED) is 0.787. The summed E-state index contributed by atoms with van der Waals surface area (Å²) in [7, 11) is 0. The van der Waals surface area contributed by atoms with Crippen molar-refractivity contribution in [2.45, 2.75) is 12.8 Å². The van der Waals surface area contributed by atoms with Gasteiger partial charge in [-0.05, 0) is 37.6 Å². The molecule has 0 aliphatic heterocycles. The zero-order valence-electron chi connectivity index (χ0n) is 11.4. The van der Waals surface area contributed by atoms with E-state index in [0.29, 0.717) is 24.6 Å². The van der Waals surface area contributed by atoms with Crippen molar-refractivity contribution in [3.8, 4) is 5.82 Å². The number of nitrogens with one attached hydrogen (secondary N) is 1. The molecule has 2 aromatic heterocycles. The first-order chi connectivity index (χ1) is 9.31. The van der Waals surface area contributed by atoms with Gasteiger partial charge in [-0.2, -0.15) is 5.10 Å². The molecule has 21 heavy (non-hydrogen) atoms. The van der Waals surface area contributed by atoms with Crippen molar-refractivity contribution < 1.29 is 4.79 Å². The zero-order valence-corrected chi connectivity index (χ0v) is 13.1. The molecule has 2 rings (SSSR count). The first-order valence-electron chi connectivity index (χ1n) is 6.26. The molecule has 0 saturated heterocycles. The number of aromatic nitrogens is 3. The van der Waals surface area contributed by atoms with Crippen molar-refractivity contribution in [2.24, 2.45) is 5.73 Å². The lowest BCUT2D eigenvalue weighted by Gasteiger charge is -2.06. The van der Waals surface area contributed by atoms with Crippen LogP contribution in [0.15, 0.2) is 36.7 Å². The van der Waals surface area contributed by atoms with E-state index >= 15 is 0 Å². The molecule has 0 radical (unpaired) electrons. The molecular weight excluding hydrogens is 313 g/mol. The molecule has 0 aliphatic rings. The molecule has 2 aromatic rings. The number of amides is 1. The maximum Gasteiger partial charge on any atom is 0.269 e. The molecule has 0 spiro atoms. The van der Waals surface area contributed by atoms with Crippen LogP contribution in [-0.4, -0.2) is 33.8 Å². The summed E-state index contributed by atoms with van der Waals surface area (Å²) in [5.74, 6) is 0.450. The lowest BCUT2D eigenvalue weighted by Crippen LogP contribution is -2.26. The van der Waals surface area contributed by atoms with Gasteiger partial charge in [0, 0.05) is 18.9 Å². The molecule has 0 aromatic carbocycles. The summed E-state index contributed by atoms with van der Waals surface area (Å²) in [4.78, 5) is 16.2. The third-order valence-corrected chi connectivity index (χ3v) is 2.62. The number of nitrogens with two attached hydrogens (primary N) is 1. The summed E-state index contributed by atoms with van der Waals surface area (Å²) in [6.45, 7) is 1.26. The van der Waals surface area contributed by atoms with Crippen LogP contribution in [0, 0.1) is 0 Å². The smallest absolute Gasteiger partial charge is 0.269 e. The number of hydrogen-bond donors (Lipinski definition) is 2. The molecule has 3 N–H and O–H groups in total. The van der Waals surface area contributed by atoms with Crippen LogP contribution in [0.25, 0.3) is 5.82 Å². The van der Waals surface area contributed by atoms with Crippen LogP contribution in [0.1, 0.15) is 23.3 Å². The van der Waals surface area contributed by atoms with Crippen molar-refractivity contribution in [2.75, 3.05) is 13.1 Å². The maximum absolute atomic E-state index is 11.9. The molecule has 6 nitrogen and oxygen atoms in total. The Balaban J connectivity index is 0.00000200. The third kappa shape index (κ3) is 5.71. The maximum atomic E-state index is 11.9. The Morgan fingerprint density at radius 1 is 1.24 bits per heavy atom. The molecule has 0 aliphatic carbocycles. The third-order valence-electron chi connectivity index (χ3n) is 2.62. The Bertz CT molecular complexity index is 533. The molecule has 1 amide bonds. The van der Waals surface area contributed by atoms with Gasteiger partial charge < -0.3 is 11.1 Å². The fourth-order valence-corrected chi connectivity index (χ4v) is 1.64. The summed E-state index contributed by atoms with van der Waals surface area (Å²) in [6.07, 6.45) is 5.23. The SMILES string of the molecule is Cl.Cl.NCCCCNC(=O)c1cccc(-n2cccn2)n1. The van der Waals surface area contributed by atoms with E-state index in [1.54, 1.807) is 41.3 Å². The number of pyridine rings is 1. The number of nitrogens with zero attached hydrogens (tertiary/aromatic N) is 3. The minimum atomic E-state index is -0.175. The van der Waals surface area contributed by atoms with Gasteiger partial charge in [-0.3, -0.25) is 4.79 Å². The Morgan fingerprint density at radius 3 is 2.71 bits per heavy atom. The van der Waals surface area contributed by atoms with Gasteiger partial charge >= 0.3 is 0 Å². The number of hydrogen-bond acceptors (Lipinski definition) is 4. The molecule has 0 fully saturated rings. The summed E-state index contributed by atoms with van der Waals surface area (Å²) >= 11 is 0. The number of carbonyl (C=O) groups is 1. The van der Waals surface area contributed by atoms with Crippen LogP contribution in [0.3, 0.4) is 0 Å². The Hall–Kier alpha value is -1.63. The van der Waals surface area contributed by atoms with E-state index in [9.17, 15) is 4.79 Å². The first kappa shape index (κ1) is 19.4. The molecule has 0 unspecified atom stereocenters. The fourth-order valence-electron chi connectivity index (χ4n) is 1.64. The van der Waals surface area contributed by atoms with Gasteiger partial charge in [0.25, 0.3) is 5.91 Å². The molecule has 0 atom stereocenters. The number of halogens is 2. The van der Waals surface area contributed by atoms with E-state index < -0.39 is 0 Å². The van der Waals surface area contributed by atoms with Crippen molar-refractivity contribution >= 4 is 30.7 Å². The predicted molar refractivity (Wildman–Crippen MR) is 86.5 cm³/mol. The molecule has 116 valence electrons. The van der Waals surface area contributed by atoms with Gasteiger partial charge in [-0.25, -0.2) is 9.67 Å². The standard InChI is InChI=1S/C13H17N5O.2ClH/c14-7-1-2-8-15-13(19)11-5-3-6-12(17-11)18-10-4-9-16-18;;/h3-6,9-10H,1-2,7-8,14H2,(H,15,19);2*1H.